The van der Waals surface area contributed by atoms with Gasteiger partial charge in [0.15, 0.2) is 0 Å². The van der Waals surface area contributed by atoms with Crippen LogP contribution in [-0.2, 0) is 4.79 Å². The average Bonchev–Trinajstić information content (AvgIpc) is 2.56. The standard InChI is InChI=1S/C18H15ClN2O2/c1-2-23-17-10-6-5-9-16(17)21-18(22)14(12-20)11-13-7-3-4-8-15(13)19/h3-11H,2H2,1H3,(H,21,22)/b14-11+. The van der Waals surface area contributed by atoms with Crippen molar-refractivity contribution in [2.24, 2.45) is 0 Å². The van der Waals surface area contributed by atoms with E-state index in [1.165, 1.54) is 6.08 Å². The Balaban J connectivity index is 2.25. The lowest BCUT2D eigenvalue weighted by atomic mass is 10.1. The Labute approximate surface area is 140 Å². The lowest BCUT2D eigenvalue weighted by Gasteiger charge is -2.10. The van der Waals surface area contributed by atoms with E-state index in [2.05, 4.69) is 5.32 Å². The average molecular weight is 327 g/mol. The predicted molar refractivity (Wildman–Crippen MR) is 91.3 cm³/mol. The number of nitriles is 1. The molecule has 2 aromatic rings. The molecule has 0 unspecified atom stereocenters. The van der Waals surface area contributed by atoms with Crippen molar-refractivity contribution in [1.29, 1.82) is 5.26 Å². The van der Waals surface area contributed by atoms with Crippen molar-refractivity contribution in [3.63, 3.8) is 0 Å². The van der Waals surface area contributed by atoms with Gasteiger partial charge in [-0.2, -0.15) is 5.26 Å². The lowest BCUT2D eigenvalue weighted by molar-refractivity contribution is -0.112. The molecule has 0 heterocycles. The predicted octanol–water partition coefficient (Wildman–Crippen LogP) is 4.28. The van der Waals surface area contributed by atoms with E-state index in [9.17, 15) is 10.1 Å². The van der Waals surface area contributed by atoms with Gasteiger partial charge in [0, 0.05) is 5.02 Å². The van der Waals surface area contributed by atoms with Crippen molar-refractivity contribution >= 4 is 29.3 Å². The molecule has 116 valence electrons. The van der Waals surface area contributed by atoms with Crippen molar-refractivity contribution in [1.82, 2.24) is 0 Å². The molecule has 0 saturated carbocycles. The summed E-state index contributed by atoms with van der Waals surface area (Å²) in [5.74, 6) is 0.0398. The fourth-order valence-electron chi connectivity index (χ4n) is 1.94. The fourth-order valence-corrected chi connectivity index (χ4v) is 2.13. The minimum Gasteiger partial charge on any atom is -0.492 e. The van der Waals surface area contributed by atoms with Gasteiger partial charge in [-0.05, 0) is 36.8 Å². The molecule has 0 aromatic heterocycles. The maximum atomic E-state index is 12.3. The summed E-state index contributed by atoms with van der Waals surface area (Å²) >= 11 is 6.05. The Hall–Kier alpha value is -2.77. The number of carbonyl (C=O) groups is 1. The second-order valence-corrected chi connectivity index (χ2v) is 4.98. The van der Waals surface area contributed by atoms with E-state index in [4.69, 9.17) is 16.3 Å². The molecule has 0 aliphatic carbocycles. The van der Waals surface area contributed by atoms with E-state index in [-0.39, 0.29) is 5.57 Å². The summed E-state index contributed by atoms with van der Waals surface area (Å²) in [6.45, 7) is 2.34. The first-order chi connectivity index (χ1) is 11.2. The van der Waals surface area contributed by atoms with Crippen molar-refractivity contribution in [2.75, 3.05) is 11.9 Å². The molecule has 0 aliphatic rings. The first-order valence-corrected chi connectivity index (χ1v) is 7.43. The van der Waals surface area contributed by atoms with Crippen LogP contribution in [0, 0.1) is 11.3 Å². The van der Waals surface area contributed by atoms with E-state index in [1.807, 2.05) is 19.1 Å². The third-order valence-corrected chi connectivity index (χ3v) is 3.35. The zero-order valence-electron chi connectivity index (χ0n) is 12.5. The topological polar surface area (TPSA) is 62.1 Å². The van der Waals surface area contributed by atoms with Crippen LogP contribution in [0.4, 0.5) is 5.69 Å². The molecular formula is C18H15ClN2O2. The number of anilines is 1. The molecule has 5 heteroatoms. The fraction of sp³-hybridized carbons (Fsp3) is 0.111. The zero-order chi connectivity index (χ0) is 16.7. The second kappa shape index (κ2) is 8.02. The molecule has 0 saturated heterocycles. The van der Waals surface area contributed by atoms with Crippen LogP contribution in [0.1, 0.15) is 12.5 Å². The van der Waals surface area contributed by atoms with Crippen molar-refractivity contribution in [3.05, 3.63) is 64.7 Å². The molecule has 0 aliphatic heterocycles. The van der Waals surface area contributed by atoms with Crippen LogP contribution in [0.25, 0.3) is 6.08 Å². The summed E-state index contributed by atoms with van der Waals surface area (Å²) in [7, 11) is 0. The highest BCUT2D eigenvalue weighted by atomic mass is 35.5. The van der Waals surface area contributed by atoms with Crippen LogP contribution < -0.4 is 10.1 Å². The molecule has 23 heavy (non-hydrogen) atoms. The number of hydrogen-bond donors (Lipinski definition) is 1. The van der Waals surface area contributed by atoms with Crippen LogP contribution in [-0.4, -0.2) is 12.5 Å². The van der Waals surface area contributed by atoms with Crippen molar-refractivity contribution in [3.8, 4) is 11.8 Å². The van der Waals surface area contributed by atoms with Gasteiger partial charge in [0.1, 0.15) is 17.4 Å². The van der Waals surface area contributed by atoms with E-state index in [0.717, 1.165) is 0 Å². The minimum atomic E-state index is -0.514. The van der Waals surface area contributed by atoms with Gasteiger partial charge in [-0.25, -0.2) is 0 Å². The van der Waals surface area contributed by atoms with Gasteiger partial charge in [0.25, 0.3) is 5.91 Å². The Morgan fingerprint density at radius 1 is 1.26 bits per heavy atom. The van der Waals surface area contributed by atoms with E-state index < -0.39 is 5.91 Å². The summed E-state index contributed by atoms with van der Waals surface area (Å²) in [4.78, 5) is 12.3. The Morgan fingerprint density at radius 3 is 2.65 bits per heavy atom. The largest absolute Gasteiger partial charge is 0.492 e. The molecular weight excluding hydrogens is 312 g/mol. The van der Waals surface area contributed by atoms with Crippen molar-refractivity contribution < 1.29 is 9.53 Å². The Bertz CT molecular complexity index is 779. The summed E-state index contributed by atoms with van der Waals surface area (Å²) in [5, 5.41) is 12.4. The highest BCUT2D eigenvalue weighted by Gasteiger charge is 2.12. The Kier molecular flexibility index (Phi) is 5.79. The number of benzene rings is 2. The molecule has 0 bridgehead atoms. The maximum absolute atomic E-state index is 12.3. The third kappa shape index (κ3) is 4.35. The molecule has 0 fully saturated rings. The number of hydrogen-bond acceptors (Lipinski definition) is 3. The van der Waals surface area contributed by atoms with Gasteiger partial charge in [0.05, 0.1) is 12.3 Å². The number of amides is 1. The molecule has 0 spiro atoms. The maximum Gasteiger partial charge on any atom is 0.266 e. The lowest BCUT2D eigenvalue weighted by Crippen LogP contribution is -2.14. The monoisotopic (exact) mass is 326 g/mol. The number of para-hydroxylation sites is 2. The summed E-state index contributed by atoms with van der Waals surface area (Å²) < 4.78 is 5.45. The second-order valence-electron chi connectivity index (χ2n) is 4.57. The number of ether oxygens (including phenoxy) is 1. The van der Waals surface area contributed by atoms with Crippen LogP contribution in [0.3, 0.4) is 0 Å². The highest BCUT2D eigenvalue weighted by Crippen LogP contribution is 2.25. The van der Waals surface area contributed by atoms with Crippen LogP contribution in [0.15, 0.2) is 54.1 Å². The summed E-state index contributed by atoms with van der Waals surface area (Å²) in [5.41, 5.74) is 1.09. The molecule has 4 nitrogen and oxygen atoms in total. The quantitative estimate of drug-likeness (QED) is 0.658. The number of carbonyl (C=O) groups excluding carboxylic acids is 1. The molecule has 0 atom stereocenters. The van der Waals surface area contributed by atoms with Gasteiger partial charge in [0.2, 0.25) is 0 Å². The molecule has 2 aromatic carbocycles. The normalized spacial score (nSPS) is 10.7. The number of halogens is 1. The van der Waals surface area contributed by atoms with Crippen molar-refractivity contribution in [2.45, 2.75) is 6.92 Å². The first kappa shape index (κ1) is 16.6. The van der Waals surface area contributed by atoms with Gasteiger partial charge in [-0.15, -0.1) is 0 Å². The molecule has 1 N–H and O–H groups in total. The molecule has 1 amide bonds. The van der Waals surface area contributed by atoms with Gasteiger partial charge < -0.3 is 10.1 Å². The van der Waals surface area contributed by atoms with E-state index in [1.54, 1.807) is 42.5 Å². The number of nitrogens with one attached hydrogen (secondary N) is 1. The third-order valence-electron chi connectivity index (χ3n) is 3.01. The van der Waals surface area contributed by atoms with Crippen LogP contribution in [0.5, 0.6) is 5.75 Å². The smallest absolute Gasteiger partial charge is 0.266 e. The van der Waals surface area contributed by atoms with Gasteiger partial charge >= 0.3 is 0 Å². The molecule has 0 radical (unpaired) electrons. The van der Waals surface area contributed by atoms with Gasteiger partial charge in [-0.1, -0.05) is 41.9 Å². The first-order valence-electron chi connectivity index (χ1n) is 7.05. The molecule has 2 rings (SSSR count). The highest BCUT2D eigenvalue weighted by molar-refractivity contribution is 6.32. The summed E-state index contributed by atoms with van der Waals surface area (Å²) in [6, 6.07) is 16.0. The van der Waals surface area contributed by atoms with Crippen LogP contribution in [0.2, 0.25) is 5.02 Å². The van der Waals surface area contributed by atoms with E-state index in [0.29, 0.717) is 28.6 Å². The SMILES string of the molecule is CCOc1ccccc1NC(=O)/C(C#N)=C/c1ccccc1Cl. The van der Waals surface area contributed by atoms with Crippen LogP contribution >= 0.6 is 11.6 Å². The number of nitrogens with zero attached hydrogens (tertiary/aromatic N) is 1. The number of rotatable bonds is 5. The van der Waals surface area contributed by atoms with E-state index >= 15 is 0 Å². The summed E-state index contributed by atoms with van der Waals surface area (Å²) in [6.07, 6.45) is 1.46. The zero-order valence-corrected chi connectivity index (χ0v) is 13.3. The Morgan fingerprint density at radius 2 is 1.96 bits per heavy atom. The minimum absolute atomic E-state index is 0.0376. The van der Waals surface area contributed by atoms with Gasteiger partial charge in [-0.3, -0.25) is 4.79 Å².